The monoisotopic (exact) mass is 561 g/mol. The summed E-state index contributed by atoms with van der Waals surface area (Å²) in [6.07, 6.45) is -1.56. The van der Waals surface area contributed by atoms with Gasteiger partial charge in [-0.3, -0.25) is 4.98 Å². The molecule has 210 valence electrons. The van der Waals surface area contributed by atoms with Crippen molar-refractivity contribution in [3.05, 3.63) is 42.6 Å². The first-order valence-corrected chi connectivity index (χ1v) is 11.2. The maximum absolute atomic E-state index is 10.6. The Kier molecular flexibility index (Phi) is 9.11. The van der Waals surface area contributed by atoms with Crippen molar-refractivity contribution in [1.82, 2.24) is 19.9 Å². The van der Waals surface area contributed by atoms with E-state index in [1.165, 1.54) is 0 Å². The number of aromatic nitrogens is 4. The standard InChI is InChI=1S/C19H19N5O.2C2HF3O2/c1-2-14-18-17(23-16(24-18)10-12-4-8-25-9-5-12)13-3-7-20-11-15(13)22-19(14)21-6-1;2*3-2(4,5)1(6)7/h1-3,6-7,11-12H,4-5,8-10H2,(H,21,22)(H,23,24);2*(H,6,7). The van der Waals surface area contributed by atoms with Crippen LogP contribution in [0.1, 0.15) is 18.7 Å². The Morgan fingerprint density at radius 3 is 2.18 bits per heavy atom. The van der Waals surface area contributed by atoms with E-state index in [0.29, 0.717) is 5.92 Å². The number of carboxylic acids is 2. The molecule has 0 spiro atoms. The van der Waals surface area contributed by atoms with Gasteiger partial charge in [0.05, 0.1) is 17.6 Å². The van der Waals surface area contributed by atoms with E-state index in [1.54, 1.807) is 6.20 Å². The van der Waals surface area contributed by atoms with Gasteiger partial charge in [0.2, 0.25) is 0 Å². The summed E-state index contributed by atoms with van der Waals surface area (Å²) < 4.78 is 68.9. The molecule has 0 bridgehead atoms. The Morgan fingerprint density at radius 1 is 0.974 bits per heavy atom. The van der Waals surface area contributed by atoms with Crippen molar-refractivity contribution in [3.8, 4) is 22.5 Å². The van der Waals surface area contributed by atoms with Crippen molar-refractivity contribution in [3.63, 3.8) is 0 Å². The fraction of sp³-hybridized carbons (Fsp3) is 0.348. The highest BCUT2D eigenvalue weighted by molar-refractivity contribution is 5.94. The van der Waals surface area contributed by atoms with Gasteiger partial charge in [0.25, 0.3) is 0 Å². The fourth-order valence-electron chi connectivity index (χ4n) is 3.67. The molecule has 0 atom stereocenters. The smallest absolute Gasteiger partial charge is 0.475 e. The summed E-state index contributed by atoms with van der Waals surface area (Å²) in [7, 11) is 0. The van der Waals surface area contributed by atoms with Crippen LogP contribution in [0, 0.1) is 5.92 Å². The number of hydrogen-bond acceptors (Lipinski definition) is 7. The first kappa shape index (κ1) is 29.3. The third-order valence-corrected chi connectivity index (χ3v) is 5.47. The first-order valence-electron chi connectivity index (χ1n) is 11.2. The van der Waals surface area contributed by atoms with Gasteiger partial charge < -0.3 is 25.3 Å². The molecule has 4 N–H and O–H groups in total. The second kappa shape index (κ2) is 12.1. The van der Waals surface area contributed by atoms with Crippen LogP contribution in [0.5, 0.6) is 0 Å². The van der Waals surface area contributed by atoms with Gasteiger partial charge in [0.1, 0.15) is 17.3 Å². The topological polar surface area (TPSA) is 150 Å². The molecule has 39 heavy (non-hydrogen) atoms. The number of imidazole rings is 1. The van der Waals surface area contributed by atoms with Crippen molar-refractivity contribution in [2.45, 2.75) is 31.6 Å². The van der Waals surface area contributed by atoms with E-state index >= 15 is 0 Å². The van der Waals surface area contributed by atoms with Gasteiger partial charge in [0, 0.05) is 43.2 Å². The largest absolute Gasteiger partial charge is 0.490 e. The first-order chi connectivity index (χ1) is 18.3. The zero-order valence-electron chi connectivity index (χ0n) is 19.8. The molecule has 5 heterocycles. The Balaban J connectivity index is 0.000000251. The van der Waals surface area contributed by atoms with E-state index < -0.39 is 24.3 Å². The summed E-state index contributed by atoms with van der Waals surface area (Å²) in [5, 5.41) is 17.6. The number of carbonyl (C=O) groups is 2. The minimum atomic E-state index is -5.08. The van der Waals surface area contributed by atoms with Crippen molar-refractivity contribution in [2.24, 2.45) is 5.92 Å². The summed E-state index contributed by atoms with van der Waals surface area (Å²) in [5.74, 6) is -3.03. The molecular formula is C23H21F6N5O5. The van der Waals surface area contributed by atoms with Crippen LogP contribution >= 0.6 is 0 Å². The number of rotatable bonds is 2. The summed E-state index contributed by atoms with van der Waals surface area (Å²) in [4.78, 5) is 35.1. The summed E-state index contributed by atoms with van der Waals surface area (Å²) in [5.41, 5.74) is 5.04. The quantitative estimate of drug-likeness (QED) is 0.253. The third kappa shape index (κ3) is 7.89. The molecule has 3 aromatic heterocycles. The molecule has 1 fully saturated rings. The van der Waals surface area contributed by atoms with Crippen LogP contribution < -0.4 is 5.32 Å². The number of aromatic amines is 1. The molecule has 0 amide bonds. The van der Waals surface area contributed by atoms with E-state index in [4.69, 9.17) is 29.5 Å². The molecule has 5 rings (SSSR count). The number of alkyl halides is 6. The molecule has 2 aliphatic heterocycles. The molecule has 2 aliphatic rings. The van der Waals surface area contributed by atoms with Gasteiger partial charge in [-0.05, 0) is 37.0 Å². The molecule has 1 saturated heterocycles. The second-order valence-electron chi connectivity index (χ2n) is 8.22. The van der Waals surface area contributed by atoms with Gasteiger partial charge >= 0.3 is 24.3 Å². The number of nitrogens with zero attached hydrogens (tertiary/aromatic N) is 3. The minimum absolute atomic E-state index is 0.631. The Morgan fingerprint density at radius 2 is 1.59 bits per heavy atom. The van der Waals surface area contributed by atoms with Crippen LogP contribution in [0.2, 0.25) is 0 Å². The summed E-state index contributed by atoms with van der Waals surface area (Å²) >= 11 is 0. The van der Waals surface area contributed by atoms with Crippen molar-refractivity contribution < 1.29 is 50.9 Å². The highest BCUT2D eigenvalue weighted by Gasteiger charge is 2.38. The number of aliphatic carboxylic acids is 2. The number of pyridine rings is 2. The average molecular weight is 561 g/mol. The van der Waals surface area contributed by atoms with Gasteiger partial charge in [-0.2, -0.15) is 26.3 Å². The summed E-state index contributed by atoms with van der Waals surface area (Å²) in [6.45, 7) is 1.71. The molecule has 0 saturated carbocycles. The number of ether oxygens (including phenoxy) is 1. The van der Waals surface area contributed by atoms with Crippen LogP contribution in [0.3, 0.4) is 0 Å². The number of H-pyrrole nitrogens is 1. The molecule has 10 nitrogen and oxygen atoms in total. The Bertz CT molecular complexity index is 1220. The lowest BCUT2D eigenvalue weighted by atomic mass is 9.96. The van der Waals surface area contributed by atoms with E-state index in [-0.39, 0.29) is 0 Å². The van der Waals surface area contributed by atoms with E-state index in [0.717, 1.165) is 72.3 Å². The van der Waals surface area contributed by atoms with Crippen LogP contribution in [-0.2, 0) is 20.7 Å². The van der Waals surface area contributed by atoms with Crippen LogP contribution in [-0.4, -0.2) is 67.7 Å². The molecule has 3 aromatic rings. The van der Waals surface area contributed by atoms with E-state index in [1.807, 2.05) is 24.5 Å². The third-order valence-electron chi connectivity index (χ3n) is 5.47. The average Bonchev–Trinajstić information content (AvgIpc) is 3.23. The lowest BCUT2D eigenvalue weighted by Crippen LogP contribution is -2.21. The Hall–Kier alpha value is -4.21. The minimum Gasteiger partial charge on any atom is -0.475 e. The van der Waals surface area contributed by atoms with Gasteiger partial charge in [-0.25, -0.2) is 19.6 Å². The molecule has 0 radical (unpaired) electrons. The number of halogens is 6. The fourth-order valence-corrected chi connectivity index (χ4v) is 3.67. The second-order valence-corrected chi connectivity index (χ2v) is 8.22. The summed E-state index contributed by atoms with van der Waals surface area (Å²) in [6, 6.07) is 6.03. The molecule has 0 aromatic carbocycles. The zero-order valence-corrected chi connectivity index (χ0v) is 19.8. The zero-order chi connectivity index (χ0) is 28.8. The maximum Gasteiger partial charge on any atom is 0.490 e. The number of hydrogen-bond donors (Lipinski definition) is 4. The van der Waals surface area contributed by atoms with Crippen molar-refractivity contribution >= 4 is 23.4 Å². The van der Waals surface area contributed by atoms with Gasteiger partial charge in [0.15, 0.2) is 0 Å². The lowest BCUT2D eigenvalue weighted by molar-refractivity contribution is -0.193. The van der Waals surface area contributed by atoms with Gasteiger partial charge in [-0.1, -0.05) is 0 Å². The lowest BCUT2D eigenvalue weighted by Gasteiger charge is -2.20. The van der Waals surface area contributed by atoms with Crippen LogP contribution in [0.25, 0.3) is 22.5 Å². The number of carboxylic acid groups (broad SMARTS) is 2. The van der Waals surface area contributed by atoms with Gasteiger partial charge in [-0.15, -0.1) is 0 Å². The number of fused-ring (bicyclic) bond motifs is 5. The predicted octanol–water partition coefficient (Wildman–Crippen LogP) is 4.83. The highest BCUT2D eigenvalue weighted by Crippen LogP contribution is 2.41. The molecular weight excluding hydrogens is 540 g/mol. The number of anilines is 2. The van der Waals surface area contributed by atoms with Crippen molar-refractivity contribution in [2.75, 3.05) is 18.5 Å². The normalized spacial score (nSPS) is 14.5. The Labute approximate surface area is 216 Å². The molecule has 0 aliphatic carbocycles. The van der Waals surface area contributed by atoms with E-state index in [9.17, 15) is 26.3 Å². The van der Waals surface area contributed by atoms with E-state index in [2.05, 4.69) is 26.3 Å². The molecule has 16 heteroatoms. The maximum atomic E-state index is 10.6. The highest BCUT2D eigenvalue weighted by atomic mass is 19.4. The van der Waals surface area contributed by atoms with Crippen LogP contribution in [0.4, 0.5) is 37.8 Å². The predicted molar refractivity (Wildman–Crippen MR) is 123 cm³/mol. The number of nitrogens with one attached hydrogen (secondary N) is 2. The SMILES string of the molecule is O=C(O)C(F)(F)F.O=C(O)C(F)(F)F.c1cnc2c(c1)-c1nc(CC3CCOCC3)[nH]c1-c1ccncc1N2. The molecule has 0 unspecified atom stereocenters. The van der Waals surface area contributed by atoms with Crippen LogP contribution in [0.15, 0.2) is 36.8 Å². The van der Waals surface area contributed by atoms with Crippen molar-refractivity contribution in [1.29, 1.82) is 0 Å².